The third-order valence-corrected chi connectivity index (χ3v) is 7.20. The molecule has 8 heteroatoms. The Kier molecular flexibility index (Phi) is 7.55. The summed E-state index contributed by atoms with van der Waals surface area (Å²) in [6.07, 6.45) is 5.57. The minimum Gasteiger partial charge on any atom is -0.497 e. The standard InChI is InChI=1S/C25H34N2O6/c1-31-20-6-7-21(32-2)19(15-20)16-27(9-3-8-26-10-12-33-13-11-26)24(28)22-17-4-5-18(14-17)23(22)25(29)30/h4-7,15,17-18,22-23H,3,8-14,16H2,1-2H3,(H,29,30). The van der Waals surface area contributed by atoms with Gasteiger partial charge in [0, 0.05) is 38.3 Å². The summed E-state index contributed by atoms with van der Waals surface area (Å²) in [7, 11) is 3.22. The molecule has 1 aliphatic heterocycles. The molecule has 2 aliphatic carbocycles. The van der Waals surface area contributed by atoms with Gasteiger partial charge in [0.2, 0.25) is 5.91 Å². The van der Waals surface area contributed by atoms with E-state index in [1.54, 1.807) is 14.2 Å². The van der Waals surface area contributed by atoms with Gasteiger partial charge in [0.05, 0.1) is 39.3 Å². The van der Waals surface area contributed by atoms with Gasteiger partial charge < -0.3 is 24.2 Å². The molecule has 1 aromatic carbocycles. The zero-order valence-corrected chi connectivity index (χ0v) is 19.4. The summed E-state index contributed by atoms with van der Waals surface area (Å²) in [5, 5.41) is 9.86. The van der Waals surface area contributed by atoms with E-state index < -0.39 is 17.8 Å². The van der Waals surface area contributed by atoms with Gasteiger partial charge in [-0.3, -0.25) is 14.5 Å². The SMILES string of the molecule is COc1ccc(OC)c(CN(CCCN2CCOCC2)C(=O)C2C3C=CC(C3)C2C(=O)O)c1. The van der Waals surface area contributed by atoms with E-state index in [4.69, 9.17) is 14.2 Å². The summed E-state index contributed by atoms with van der Waals surface area (Å²) >= 11 is 0. The summed E-state index contributed by atoms with van der Waals surface area (Å²) in [5.41, 5.74) is 0.849. The molecule has 4 atom stereocenters. The average Bonchev–Trinajstić information content (AvgIpc) is 3.45. The van der Waals surface area contributed by atoms with E-state index in [-0.39, 0.29) is 17.7 Å². The van der Waals surface area contributed by atoms with Crippen molar-refractivity contribution >= 4 is 11.9 Å². The number of allylic oxidation sites excluding steroid dienone is 2. The smallest absolute Gasteiger partial charge is 0.307 e. The number of fused-ring (bicyclic) bond motifs is 2. The second-order valence-electron chi connectivity index (χ2n) is 9.08. The van der Waals surface area contributed by atoms with E-state index in [9.17, 15) is 14.7 Å². The zero-order valence-electron chi connectivity index (χ0n) is 19.4. The van der Waals surface area contributed by atoms with E-state index in [0.29, 0.717) is 24.6 Å². The Morgan fingerprint density at radius 1 is 1.12 bits per heavy atom. The molecule has 0 spiro atoms. The van der Waals surface area contributed by atoms with Crippen molar-refractivity contribution in [3.63, 3.8) is 0 Å². The van der Waals surface area contributed by atoms with Gasteiger partial charge in [-0.2, -0.15) is 0 Å². The first-order chi connectivity index (χ1) is 16.0. The van der Waals surface area contributed by atoms with Crippen molar-refractivity contribution in [1.82, 2.24) is 9.80 Å². The molecular weight excluding hydrogens is 424 g/mol. The monoisotopic (exact) mass is 458 g/mol. The van der Waals surface area contributed by atoms with Crippen LogP contribution in [0.4, 0.5) is 0 Å². The molecule has 4 unspecified atom stereocenters. The highest BCUT2D eigenvalue weighted by atomic mass is 16.5. The molecule has 1 aromatic rings. The largest absolute Gasteiger partial charge is 0.497 e. The normalized spacial score (nSPS) is 26.4. The Morgan fingerprint density at radius 3 is 2.52 bits per heavy atom. The molecule has 2 bridgehead atoms. The molecule has 1 saturated carbocycles. The minimum absolute atomic E-state index is 0.00227. The van der Waals surface area contributed by atoms with Crippen molar-refractivity contribution < 1.29 is 28.9 Å². The molecule has 1 heterocycles. The van der Waals surface area contributed by atoms with Crippen LogP contribution in [0.25, 0.3) is 0 Å². The maximum atomic E-state index is 13.8. The van der Waals surface area contributed by atoms with Crippen LogP contribution < -0.4 is 9.47 Å². The lowest BCUT2D eigenvalue weighted by Crippen LogP contribution is -2.44. The molecule has 180 valence electrons. The summed E-state index contributed by atoms with van der Waals surface area (Å²) in [4.78, 5) is 30.0. The van der Waals surface area contributed by atoms with Gasteiger partial charge in [-0.05, 0) is 42.9 Å². The van der Waals surface area contributed by atoms with Gasteiger partial charge in [-0.15, -0.1) is 0 Å². The summed E-state index contributed by atoms with van der Waals surface area (Å²) < 4.78 is 16.3. The Morgan fingerprint density at radius 2 is 1.85 bits per heavy atom. The summed E-state index contributed by atoms with van der Waals surface area (Å²) in [6.45, 7) is 5.06. The fourth-order valence-corrected chi connectivity index (χ4v) is 5.49. The second-order valence-corrected chi connectivity index (χ2v) is 9.08. The van der Waals surface area contributed by atoms with Crippen LogP contribution in [0.5, 0.6) is 11.5 Å². The number of carboxylic acids is 1. The molecule has 0 radical (unpaired) electrons. The number of morpholine rings is 1. The number of hydrogen-bond acceptors (Lipinski definition) is 6. The first kappa shape index (κ1) is 23.6. The number of carbonyl (C=O) groups is 2. The lowest BCUT2D eigenvalue weighted by molar-refractivity contribution is -0.151. The number of ether oxygens (including phenoxy) is 3. The van der Waals surface area contributed by atoms with E-state index in [1.807, 2.05) is 35.3 Å². The fraction of sp³-hybridized carbons (Fsp3) is 0.600. The van der Waals surface area contributed by atoms with Crippen LogP contribution in [0.15, 0.2) is 30.4 Å². The predicted octanol–water partition coefficient (Wildman–Crippen LogP) is 2.28. The van der Waals surface area contributed by atoms with Gasteiger partial charge in [-0.25, -0.2) is 0 Å². The van der Waals surface area contributed by atoms with E-state index in [1.165, 1.54) is 0 Å². The number of carbonyl (C=O) groups excluding carboxylic acids is 1. The number of methoxy groups -OCH3 is 2. The van der Waals surface area contributed by atoms with Gasteiger partial charge in [0.15, 0.2) is 0 Å². The van der Waals surface area contributed by atoms with Crippen molar-refractivity contribution in [3.05, 3.63) is 35.9 Å². The maximum Gasteiger partial charge on any atom is 0.307 e. The van der Waals surface area contributed by atoms with Crippen LogP contribution >= 0.6 is 0 Å². The van der Waals surface area contributed by atoms with Gasteiger partial charge in [0.25, 0.3) is 0 Å². The molecule has 1 N–H and O–H groups in total. The first-order valence-electron chi connectivity index (χ1n) is 11.7. The lowest BCUT2D eigenvalue weighted by atomic mass is 9.82. The minimum atomic E-state index is -0.877. The second kappa shape index (κ2) is 10.6. The van der Waals surface area contributed by atoms with Crippen LogP contribution in [0, 0.1) is 23.7 Å². The van der Waals surface area contributed by atoms with Gasteiger partial charge >= 0.3 is 5.97 Å². The average molecular weight is 459 g/mol. The number of carboxylic acid groups (broad SMARTS) is 1. The molecule has 1 amide bonds. The van der Waals surface area contributed by atoms with Crippen molar-refractivity contribution in [2.75, 3.05) is 53.6 Å². The molecule has 2 fully saturated rings. The Bertz CT molecular complexity index is 882. The van der Waals surface area contributed by atoms with Crippen molar-refractivity contribution in [2.45, 2.75) is 19.4 Å². The van der Waals surface area contributed by atoms with Crippen molar-refractivity contribution in [2.24, 2.45) is 23.7 Å². The van der Waals surface area contributed by atoms with Crippen molar-refractivity contribution in [3.8, 4) is 11.5 Å². The van der Waals surface area contributed by atoms with E-state index in [2.05, 4.69) is 4.90 Å². The van der Waals surface area contributed by atoms with Crippen LogP contribution in [-0.2, 0) is 20.9 Å². The maximum absolute atomic E-state index is 13.8. The van der Waals surface area contributed by atoms with Crippen molar-refractivity contribution in [1.29, 1.82) is 0 Å². The number of amides is 1. The fourth-order valence-electron chi connectivity index (χ4n) is 5.49. The Balaban J connectivity index is 1.54. The number of rotatable bonds is 10. The third kappa shape index (κ3) is 5.17. The van der Waals surface area contributed by atoms with Gasteiger partial charge in [-0.1, -0.05) is 12.2 Å². The summed E-state index contributed by atoms with van der Waals surface area (Å²) in [5.74, 6) is -0.801. The van der Waals surface area contributed by atoms with E-state index in [0.717, 1.165) is 51.3 Å². The quantitative estimate of drug-likeness (QED) is 0.538. The lowest BCUT2D eigenvalue weighted by Gasteiger charge is -2.32. The van der Waals surface area contributed by atoms with Crippen LogP contribution in [0.1, 0.15) is 18.4 Å². The molecule has 8 nitrogen and oxygen atoms in total. The molecule has 3 aliphatic rings. The molecule has 0 aromatic heterocycles. The zero-order chi connectivity index (χ0) is 23.4. The number of hydrogen-bond donors (Lipinski definition) is 1. The molecule has 33 heavy (non-hydrogen) atoms. The summed E-state index contributed by atoms with van der Waals surface area (Å²) in [6, 6.07) is 5.55. The molecular formula is C25H34N2O6. The molecule has 1 saturated heterocycles. The first-order valence-corrected chi connectivity index (χ1v) is 11.7. The third-order valence-electron chi connectivity index (χ3n) is 7.20. The predicted molar refractivity (Wildman–Crippen MR) is 122 cm³/mol. The Hall–Kier alpha value is -2.58. The molecule has 4 rings (SSSR count). The topological polar surface area (TPSA) is 88.5 Å². The van der Waals surface area contributed by atoms with Crippen LogP contribution in [-0.4, -0.2) is 80.4 Å². The Labute approximate surface area is 195 Å². The van der Waals surface area contributed by atoms with Gasteiger partial charge in [0.1, 0.15) is 11.5 Å². The van der Waals surface area contributed by atoms with E-state index >= 15 is 0 Å². The van der Waals surface area contributed by atoms with Crippen LogP contribution in [0.2, 0.25) is 0 Å². The highest BCUT2D eigenvalue weighted by Gasteiger charge is 2.52. The number of nitrogens with zero attached hydrogens (tertiary/aromatic N) is 2. The van der Waals surface area contributed by atoms with Crippen LogP contribution in [0.3, 0.4) is 0 Å². The highest BCUT2D eigenvalue weighted by molar-refractivity contribution is 5.87. The number of benzene rings is 1. The number of aliphatic carboxylic acids is 1. The highest BCUT2D eigenvalue weighted by Crippen LogP contribution is 2.49.